The number of benzene rings is 2. The molecule has 0 spiro atoms. The molecule has 0 aromatic heterocycles. The van der Waals surface area contributed by atoms with E-state index in [1.165, 1.54) is 12.1 Å². The van der Waals surface area contributed by atoms with Crippen LogP contribution >= 0.6 is 23.2 Å². The van der Waals surface area contributed by atoms with Crippen molar-refractivity contribution >= 4 is 23.2 Å². The number of hydrogen-bond donors (Lipinski definition) is 0. The summed E-state index contributed by atoms with van der Waals surface area (Å²) in [7, 11) is 0. The van der Waals surface area contributed by atoms with Crippen LogP contribution in [0.2, 0.25) is 5.02 Å². The predicted octanol–water partition coefficient (Wildman–Crippen LogP) is 5.13. The fourth-order valence-electron chi connectivity index (χ4n) is 2.49. The molecule has 0 radical (unpaired) electrons. The van der Waals surface area contributed by atoms with Crippen LogP contribution < -0.4 is 4.74 Å². The third kappa shape index (κ3) is 2.50. The van der Waals surface area contributed by atoms with E-state index >= 15 is 0 Å². The summed E-state index contributed by atoms with van der Waals surface area (Å²) in [6, 6.07) is 10.2. The number of ether oxygens (including phenoxy) is 1. The molecule has 0 aliphatic carbocycles. The molecule has 1 heterocycles. The maximum absolute atomic E-state index is 13.1. The number of rotatable bonds is 2. The monoisotopic (exact) mass is 310 g/mol. The molecule has 0 saturated heterocycles. The lowest BCUT2D eigenvalue weighted by molar-refractivity contribution is 0.254. The van der Waals surface area contributed by atoms with Crippen LogP contribution in [0, 0.1) is 5.82 Å². The first-order chi connectivity index (χ1) is 9.54. The van der Waals surface area contributed by atoms with E-state index in [-0.39, 0.29) is 11.9 Å². The Hall–Kier alpha value is -1.25. The van der Waals surface area contributed by atoms with Crippen molar-refractivity contribution in [3.8, 4) is 5.75 Å². The van der Waals surface area contributed by atoms with E-state index in [1.54, 1.807) is 6.07 Å². The van der Waals surface area contributed by atoms with Crippen LogP contribution in [0.3, 0.4) is 0 Å². The maximum atomic E-state index is 13.1. The van der Waals surface area contributed by atoms with Gasteiger partial charge in [-0.25, -0.2) is 4.39 Å². The second-order valence-electron chi connectivity index (χ2n) is 5.03. The molecule has 3 rings (SSSR count). The highest BCUT2D eigenvalue weighted by Gasteiger charge is 2.22. The first-order valence-corrected chi connectivity index (χ1v) is 7.24. The van der Waals surface area contributed by atoms with Gasteiger partial charge in [-0.3, -0.25) is 0 Å². The van der Waals surface area contributed by atoms with Crippen molar-refractivity contribution in [1.82, 2.24) is 0 Å². The zero-order chi connectivity index (χ0) is 14.3. The lowest BCUT2D eigenvalue weighted by Gasteiger charge is -2.13. The van der Waals surface area contributed by atoms with Crippen molar-refractivity contribution in [2.45, 2.75) is 24.8 Å². The van der Waals surface area contributed by atoms with Crippen LogP contribution in [0.5, 0.6) is 5.75 Å². The molecule has 0 saturated carbocycles. The number of halogens is 3. The quantitative estimate of drug-likeness (QED) is 0.699. The minimum atomic E-state index is -0.399. The molecule has 104 valence electrons. The Labute approximate surface area is 127 Å². The fourth-order valence-corrected chi connectivity index (χ4v) is 3.14. The van der Waals surface area contributed by atoms with Crippen LogP contribution in [0.1, 0.15) is 29.0 Å². The van der Waals surface area contributed by atoms with Crippen LogP contribution in [0.4, 0.5) is 4.39 Å². The molecule has 2 atom stereocenters. The molecule has 20 heavy (non-hydrogen) atoms. The van der Waals surface area contributed by atoms with Gasteiger partial charge in [0.25, 0.3) is 0 Å². The molecule has 2 aromatic rings. The van der Waals surface area contributed by atoms with Crippen LogP contribution in [0.25, 0.3) is 0 Å². The average molecular weight is 311 g/mol. The second-order valence-corrected chi connectivity index (χ2v) is 5.87. The zero-order valence-electron chi connectivity index (χ0n) is 10.9. The normalized spacial score (nSPS) is 18.5. The van der Waals surface area contributed by atoms with Gasteiger partial charge in [0.05, 0.1) is 5.38 Å². The molecule has 1 nitrogen and oxygen atoms in total. The molecule has 0 fully saturated rings. The van der Waals surface area contributed by atoms with Crippen LogP contribution in [-0.2, 0) is 6.42 Å². The van der Waals surface area contributed by atoms with Gasteiger partial charge in [-0.2, -0.15) is 0 Å². The SMILES string of the molecule is CC1Cc2cc(C(Cl)c3ccc(F)cc3Cl)ccc2O1. The topological polar surface area (TPSA) is 9.23 Å². The summed E-state index contributed by atoms with van der Waals surface area (Å²) in [5, 5.41) is -0.0561. The lowest BCUT2D eigenvalue weighted by Crippen LogP contribution is -2.05. The average Bonchev–Trinajstić information content (AvgIpc) is 2.77. The van der Waals surface area contributed by atoms with Gasteiger partial charge in [0.2, 0.25) is 0 Å². The molecule has 1 aliphatic rings. The Morgan fingerprint density at radius 2 is 2.05 bits per heavy atom. The third-order valence-electron chi connectivity index (χ3n) is 3.45. The van der Waals surface area contributed by atoms with Crippen molar-refractivity contribution in [2.75, 3.05) is 0 Å². The van der Waals surface area contributed by atoms with Gasteiger partial charge in [0.1, 0.15) is 17.7 Å². The molecular formula is C16H13Cl2FO. The van der Waals surface area contributed by atoms with Crippen LogP contribution in [-0.4, -0.2) is 6.10 Å². The highest BCUT2D eigenvalue weighted by molar-refractivity contribution is 6.33. The standard InChI is InChI=1S/C16H13Cl2FO/c1-9-6-11-7-10(2-5-15(11)20-9)16(18)13-4-3-12(19)8-14(13)17/h2-5,7-9,16H,6H2,1H3. The number of hydrogen-bond acceptors (Lipinski definition) is 1. The minimum absolute atomic E-state index is 0.198. The summed E-state index contributed by atoms with van der Waals surface area (Å²) < 4.78 is 18.8. The van der Waals surface area contributed by atoms with Gasteiger partial charge in [-0.15, -0.1) is 11.6 Å². The Morgan fingerprint density at radius 1 is 1.25 bits per heavy atom. The smallest absolute Gasteiger partial charge is 0.124 e. The van der Waals surface area contributed by atoms with Gasteiger partial charge >= 0.3 is 0 Å². The van der Waals surface area contributed by atoms with E-state index in [0.29, 0.717) is 10.6 Å². The van der Waals surface area contributed by atoms with Gasteiger partial charge in [-0.05, 0) is 41.8 Å². The summed E-state index contributed by atoms with van der Waals surface area (Å²) in [5.41, 5.74) is 2.80. The van der Waals surface area contributed by atoms with Gasteiger partial charge < -0.3 is 4.74 Å². The predicted molar refractivity (Wildman–Crippen MR) is 79.3 cm³/mol. The van der Waals surface area contributed by atoms with E-state index in [4.69, 9.17) is 27.9 Å². The maximum Gasteiger partial charge on any atom is 0.124 e. The van der Waals surface area contributed by atoms with E-state index in [2.05, 4.69) is 0 Å². The number of alkyl halides is 1. The molecule has 1 aliphatic heterocycles. The Balaban J connectivity index is 1.95. The molecule has 2 unspecified atom stereocenters. The summed E-state index contributed by atoms with van der Waals surface area (Å²) in [5.74, 6) is 0.550. The first-order valence-electron chi connectivity index (χ1n) is 6.43. The van der Waals surface area contributed by atoms with Gasteiger partial charge in [0, 0.05) is 11.4 Å². The first kappa shape index (κ1) is 13.7. The molecule has 0 N–H and O–H groups in total. The molecule has 0 amide bonds. The second kappa shape index (κ2) is 5.27. The summed E-state index contributed by atoms with van der Waals surface area (Å²) >= 11 is 12.5. The molecule has 2 aromatic carbocycles. The highest BCUT2D eigenvalue weighted by atomic mass is 35.5. The largest absolute Gasteiger partial charge is 0.490 e. The number of fused-ring (bicyclic) bond motifs is 1. The van der Waals surface area contributed by atoms with Crippen molar-refractivity contribution in [3.63, 3.8) is 0 Å². The molecule has 0 bridgehead atoms. The van der Waals surface area contributed by atoms with E-state index in [1.807, 2.05) is 25.1 Å². The Kier molecular flexibility index (Phi) is 3.61. The van der Waals surface area contributed by atoms with Crippen molar-refractivity contribution in [2.24, 2.45) is 0 Å². The summed E-state index contributed by atoms with van der Waals surface area (Å²) in [6.45, 7) is 2.04. The van der Waals surface area contributed by atoms with Crippen molar-refractivity contribution in [1.29, 1.82) is 0 Å². The molecule has 4 heteroatoms. The van der Waals surface area contributed by atoms with E-state index in [0.717, 1.165) is 23.3 Å². The third-order valence-corrected chi connectivity index (χ3v) is 4.26. The Bertz CT molecular complexity index is 657. The lowest BCUT2D eigenvalue weighted by atomic mass is 10.0. The summed E-state index contributed by atoms with van der Waals surface area (Å²) in [6.07, 6.45) is 1.08. The highest BCUT2D eigenvalue weighted by Crippen LogP contribution is 2.37. The zero-order valence-corrected chi connectivity index (χ0v) is 12.4. The Morgan fingerprint density at radius 3 is 2.80 bits per heavy atom. The van der Waals surface area contributed by atoms with Crippen molar-refractivity contribution < 1.29 is 9.13 Å². The van der Waals surface area contributed by atoms with Crippen LogP contribution in [0.15, 0.2) is 36.4 Å². The van der Waals surface area contributed by atoms with E-state index in [9.17, 15) is 4.39 Å². The van der Waals surface area contributed by atoms with Gasteiger partial charge in [-0.1, -0.05) is 29.8 Å². The van der Waals surface area contributed by atoms with Crippen molar-refractivity contribution in [3.05, 3.63) is 63.9 Å². The minimum Gasteiger partial charge on any atom is -0.490 e. The van der Waals surface area contributed by atoms with Gasteiger partial charge in [0.15, 0.2) is 0 Å². The summed E-state index contributed by atoms with van der Waals surface area (Å²) in [4.78, 5) is 0. The molecular weight excluding hydrogens is 298 g/mol. The van der Waals surface area contributed by atoms with E-state index < -0.39 is 5.38 Å². The fraction of sp³-hybridized carbons (Fsp3) is 0.250.